The Balaban J connectivity index is 1.63. The number of carbonyl (C=O) groups excluding carboxylic acids is 1. The van der Waals surface area contributed by atoms with Crippen molar-refractivity contribution in [1.29, 1.82) is 0 Å². The molecule has 2 amide bonds. The van der Waals surface area contributed by atoms with Crippen molar-refractivity contribution >= 4 is 6.03 Å². The minimum Gasteiger partial charge on any atom is -0.418 e. The maximum atomic E-state index is 12.0. The molecule has 2 unspecified atom stereocenters. The average molecular weight is 287 g/mol. The van der Waals surface area contributed by atoms with Crippen LogP contribution in [0.4, 0.5) is 4.79 Å². The molecular formula is C13H13N5O3. The topological polar surface area (TPSA) is 95.6 Å². The van der Waals surface area contributed by atoms with E-state index in [1.807, 2.05) is 0 Å². The van der Waals surface area contributed by atoms with Gasteiger partial charge in [0.1, 0.15) is 6.04 Å². The number of amides is 2. The molecule has 4 heterocycles. The number of aromatic nitrogens is 3. The van der Waals surface area contributed by atoms with Crippen molar-refractivity contribution in [3.8, 4) is 11.5 Å². The molecule has 2 aromatic heterocycles. The van der Waals surface area contributed by atoms with Gasteiger partial charge in [-0.25, -0.2) is 9.86 Å². The number of fused-ring (bicyclic) bond motifs is 2. The van der Waals surface area contributed by atoms with Gasteiger partial charge in [-0.1, -0.05) is 0 Å². The Labute approximate surface area is 120 Å². The largest absolute Gasteiger partial charge is 0.418 e. The summed E-state index contributed by atoms with van der Waals surface area (Å²) in [4.78, 5) is 17.5. The van der Waals surface area contributed by atoms with Crippen LogP contribution in [-0.2, 0) is 0 Å². The van der Waals surface area contributed by atoms with Crippen molar-refractivity contribution in [3.63, 3.8) is 0 Å². The minimum atomic E-state index is -0.397. The van der Waals surface area contributed by atoms with Gasteiger partial charge in [-0.05, 0) is 25.0 Å². The lowest BCUT2D eigenvalue weighted by molar-refractivity contribution is -0.0584. The summed E-state index contributed by atoms with van der Waals surface area (Å²) in [5.74, 6) is 0.811. The summed E-state index contributed by atoms with van der Waals surface area (Å²) in [7, 11) is 0. The second-order valence-electron chi connectivity index (χ2n) is 5.21. The molecule has 0 spiro atoms. The molecule has 108 valence electrons. The fraction of sp³-hybridized carbons (Fsp3) is 0.385. The molecule has 2 aliphatic heterocycles. The molecule has 2 atom stereocenters. The second-order valence-corrected chi connectivity index (χ2v) is 5.21. The Morgan fingerprint density at radius 1 is 1.24 bits per heavy atom. The first-order valence-electron chi connectivity index (χ1n) is 6.76. The summed E-state index contributed by atoms with van der Waals surface area (Å²) < 4.78 is 5.70. The van der Waals surface area contributed by atoms with Crippen molar-refractivity contribution in [3.05, 3.63) is 30.4 Å². The second kappa shape index (κ2) is 4.52. The highest BCUT2D eigenvalue weighted by Gasteiger charge is 2.46. The number of urea groups is 1. The van der Waals surface area contributed by atoms with Gasteiger partial charge in [0.25, 0.3) is 0 Å². The summed E-state index contributed by atoms with van der Waals surface area (Å²) in [5, 5.41) is 18.6. The number of hydroxylamine groups is 2. The van der Waals surface area contributed by atoms with Gasteiger partial charge in [-0.2, -0.15) is 0 Å². The first kappa shape index (κ1) is 12.3. The molecule has 4 rings (SSSR count). The summed E-state index contributed by atoms with van der Waals surface area (Å²) in [6, 6.07) is 2.77. The van der Waals surface area contributed by atoms with Gasteiger partial charge in [0, 0.05) is 24.5 Å². The highest BCUT2D eigenvalue weighted by atomic mass is 16.5. The molecule has 2 aromatic rings. The van der Waals surface area contributed by atoms with Gasteiger partial charge in [0.15, 0.2) is 0 Å². The van der Waals surface area contributed by atoms with Crippen LogP contribution in [0.15, 0.2) is 28.9 Å². The summed E-state index contributed by atoms with van der Waals surface area (Å²) in [5.41, 5.74) is 0.786. The van der Waals surface area contributed by atoms with Gasteiger partial charge >= 0.3 is 6.03 Å². The first-order chi connectivity index (χ1) is 10.2. The quantitative estimate of drug-likeness (QED) is 0.840. The molecule has 2 saturated heterocycles. The van der Waals surface area contributed by atoms with E-state index in [1.165, 1.54) is 0 Å². The molecule has 2 bridgehead atoms. The van der Waals surface area contributed by atoms with Crippen molar-refractivity contribution in [2.75, 3.05) is 6.54 Å². The number of piperidine rings is 1. The third-order valence-corrected chi connectivity index (χ3v) is 4.00. The van der Waals surface area contributed by atoms with Crippen LogP contribution in [-0.4, -0.2) is 49.0 Å². The fourth-order valence-corrected chi connectivity index (χ4v) is 2.89. The number of rotatable bonds is 2. The Kier molecular flexibility index (Phi) is 2.64. The number of hydrogen-bond acceptors (Lipinski definition) is 6. The van der Waals surface area contributed by atoms with Gasteiger partial charge in [-0.3, -0.25) is 10.2 Å². The van der Waals surface area contributed by atoms with E-state index in [1.54, 1.807) is 29.4 Å². The van der Waals surface area contributed by atoms with Crippen LogP contribution in [0.1, 0.15) is 24.8 Å². The van der Waals surface area contributed by atoms with E-state index in [9.17, 15) is 10.0 Å². The Hall–Kier alpha value is -2.48. The minimum absolute atomic E-state index is 0.128. The lowest BCUT2D eigenvalue weighted by atomic mass is 10.0. The van der Waals surface area contributed by atoms with Crippen LogP contribution < -0.4 is 0 Å². The standard InChI is InChI=1S/C13H13N5O3/c19-13-17-7-9(18(13)20)1-2-10(17)12-16-15-11(21-12)8-3-5-14-6-4-8/h3-6,9-10,20H,1-2,7H2. The SMILES string of the molecule is O=C1N(O)C2CCC(c3nnc(-c4ccncc4)o3)N1C2. The van der Waals surface area contributed by atoms with Crippen molar-refractivity contribution < 1.29 is 14.4 Å². The fourth-order valence-electron chi connectivity index (χ4n) is 2.89. The van der Waals surface area contributed by atoms with E-state index in [4.69, 9.17) is 4.42 Å². The number of pyridine rings is 1. The van der Waals surface area contributed by atoms with Crippen LogP contribution in [0.5, 0.6) is 0 Å². The van der Waals surface area contributed by atoms with E-state index in [-0.39, 0.29) is 12.1 Å². The van der Waals surface area contributed by atoms with Crippen LogP contribution in [0.25, 0.3) is 11.5 Å². The van der Waals surface area contributed by atoms with Crippen LogP contribution in [0.3, 0.4) is 0 Å². The molecule has 2 aliphatic rings. The van der Waals surface area contributed by atoms with Gasteiger partial charge in [-0.15, -0.1) is 10.2 Å². The molecule has 2 fully saturated rings. The normalized spacial score (nSPS) is 24.7. The monoisotopic (exact) mass is 287 g/mol. The zero-order valence-electron chi connectivity index (χ0n) is 11.1. The van der Waals surface area contributed by atoms with Gasteiger partial charge < -0.3 is 9.32 Å². The highest BCUT2D eigenvalue weighted by Crippen LogP contribution is 2.37. The zero-order valence-corrected chi connectivity index (χ0v) is 11.1. The molecule has 0 radical (unpaired) electrons. The maximum Gasteiger partial charge on any atom is 0.344 e. The smallest absolute Gasteiger partial charge is 0.344 e. The lowest BCUT2D eigenvalue weighted by Gasteiger charge is -2.27. The predicted octanol–water partition coefficient (Wildman–Crippen LogP) is 1.46. The third-order valence-electron chi connectivity index (χ3n) is 4.00. The molecule has 8 nitrogen and oxygen atoms in total. The number of nitrogens with zero attached hydrogens (tertiary/aromatic N) is 5. The summed E-state index contributed by atoms with van der Waals surface area (Å²) in [6.07, 6.45) is 4.72. The van der Waals surface area contributed by atoms with E-state index >= 15 is 0 Å². The van der Waals surface area contributed by atoms with Crippen molar-refractivity contribution in [2.24, 2.45) is 0 Å². The maximum absolute atomic E-state index is 12.0. The van der Waals surface area contributed by atoms with Crippen molar-refractivity contribution in [2.45, 2.75) is 24.9 Å². The molecule has 0 saturated carbocycles. The van der Waals surface area contributed by atoms with E-state index in [0.717, 1.165) is 17.0 Å². The Morgan fingerprint density at radius 3 is 2.86 bits per heavy atom. The van der Waals surface area contributed by atoms with Crippen LogP contribution in [0.2, 0.25) is 0 Å². The Bertz CT molecular complexity index is 673. The molecule has 0 aromatic carbocycles. The zero-order chi connectivity index (χ0) is 14.4. The van der Waals surface area contributed by atoms with Crippen LogP contribution >= 0.6 is 0 Å². The molecule has 21 heavy (non-hydrogen) atoms. The highest BCUT2D eigenvalue weighted by molar-refractivity contribution is 5.76. The van der Waals surface area contributed by atoms with Crippen LogP contribution in [0, 0.1) is 0 Å². The predicted molar refractivity (Wildman–Crippen MR) is 69.0 cm³/mol. The number of carbonyl (C=O) groups is 1. The summed E-state index contributed by atoms with van der Waals surface area (Å²) >= 11 is 0. The third kappa shape index (κ3) is 1.87. The van der Waals surface area contributed by atoms with E-state index in [2.05, 4.69) is 15.2 Å². The van der Waals surface area contributed by atoms with Crippen molar-refractivity contribution in [1.82, 2.24) is 25.1 Å². The summed E-state index contributed by atoms with van der Waals surface area (Å²) in [6.45, 7) is 0.493. The molecular weight excluding hydrogens is 274 g/mol. The van der Waals surface area contributed by atoms with E-state index < -0.39 is 6.03 Å². The van der Waals surface area contributed by atoms with Gasteiger partial charge in [0.2, 0.25) is 11.8 Å². The molecule has 0 aliphatic carbocycles. The first-order valence-corrected chi connectivity index (χ1v) is 6.76. The lowest BCUT2D eigenvalue weighted by Crippen LogP contribution is -2.34. The molecule has 1 N–H and O–H groups in total. The molecule has 8 heteroatoms. The Morgan fingerprint density at radius 2 is 2.05 bits per heavy atom. The van der Waals surface area contributed by atoms with Gasteiger partial charge in [0.05, 0.1) is 6.04 Å². The average Bonchev–Trinajstić information content (AvgIpc) is 3.10. The number of hydrogen-bond donors (Lipinski definition) is 1. The van der Waals surface area contributed by atoms with E-state index in [0.29, 0.717) is 24.7 Å².